The highest BCUT2D eigenvalue weighted by atomic mass is 79.9. The van der Waals surface area contributed by atoms with Gasteiger partial charge < -0.3 is 10.1 Å². The van der Waals surface area contributed by atoms with Crippen molar-refractivity contribution in [2.45, 2.75) is 6.61 Å². The Morgan fingerprint density at radius 3 is 2.94 bits per heavy atom. The van der Waals surface area contributed by atoms with Crippen LogP contribution in [0.1, 0.15) is 5.56 Å². The zero-order chi connectivity index (χ0) is 11.8. The molecule has 16 heavy (non-hydrogen) atoms. The third-order valence-electron chi connectivity index (χ3n) is 2.07. The number of hydrogen-bond donors (Lipinski definition) is 1. The maximum Gasteiger partial charge on any atom is 0.0744 e. The van der Waals surface area contributed by atoms with Gasteiger partial charge in [0.15, 0.2) is 0 Å². The average molecular weight is 305 g/mol. The Hall–Kier alpha value is -0.510. The number of nitrogens with one attached hydrogen (secondary N) is 1. The lowest BCUT2D eigenvalue weighted by Crippen LogP contribution is -2.03. The molecule has 0 bridgehead atoms. The first-order chi connectivity index (χ1) is 7.79. The smallest absolute Gasteiger partial charge is 0.0744 e. The van der Waals surface area contributed by atoms with Crippen molar-refractivity contribution in [3.8, 4) is 0 Å². The maximum absolute atomic E-state index is 5.55. The number of anilines is 1. The summed E-state index contributed by atoms with van der Waals surface area (Å²) in [5.74, 6) is 0.547. The third-order valence-corrected chi connectivity index (χ3v) is 2.99. The van der Waals surface area contributed by atoms with Gasteiger partial charge in [-0.1, -0.05) is 34.1 Å². The molecule has 1 aromatic carbocycles. The molecule has 88 valence electrons. The van der Waals surface area contributed by atoms with Gasteiger partial charge in [-0.3, -0.25) is 0 Å². The summed E-state index contributed by atoms with van der Waals surface area (Å²) in [4.78, 5) is 0. The number of benzene rings is 1. The third kappa shape index (κ3) is 4.16. The molecule has 0 aliphatic rings. The highest BCUT2D eigenvalue weighted by molar-refractivity contribution is 9.10. The summed E-state index contributed by atoms with van der Waals surface area (Å²) >= 11 is 9.06. The Balaban J connectivity index is 2.70. The van der Waals surface area contributed by atoms with Crippen LogP contribution in [-0.4, -0.2) is 19.5 Å². The van der Waals surface area contributed by atoms with E-state index in [0.717, 1.165) is 22.3 Å². The summed E-state index contributed by atoms with van der Waals surface area (Å²) in [5.41, 5.74) is 2.21. The molecule has 0 saturated carbocycles. The van der Waals surface area contributed by atoms with Crippen molar-refractivity contribution in [2.24, 2.45) is 0 Å². The van der Waals surface area contributed by atoms with Gasteiger partial charge in [0.05, 0.1) is 6.61 Å². The second kappa shape index (κ2) is 7.71. The number of hydrogen-bond acceptors (Lipinski definition) is 2. The fourth-order valence-electron chi connectivity index (χ4n) is 1.33. The summed E-state index contributed by atoms with van der Waals surface area (Å²) in [6.45, 7) is 1.35. The van der Waals surface area contributed by atoms with Crippen LogP contribution < -0.4 is 5.32 Å². The standard InChI is InChI=1S/C12H15BrClNO/c1-16-9-10-11(13)5-4-6-12(10)15-8-3-2-7-14/h2-6,15H,7-9H2,1H3/b3-2+. The summed E-state index contributed by atoms with van der Waals surface area (Å²) in [6, 6.07) is 6.04. The fraction of sp³-hybridized carbons (Fsp3) is 0.333. The van der Waals surface area contributed by atoms with E-state index in [9.17, 15) is 0 Å². The van der Waals surface area contributed by atoms with Crippen LogP contribution in [0.25, 0.3) is 0 Å². The van der Waals surface area contributed by atoms with Gasteiger partial charge in [-0.2, -0.15) is 0 Å². The van der Waals surface area contributed by atoms with E-state index in [1.54, 1.807) is 7.11 Å². The molecule has 0 spiro atoms. The lowest BCUT2D eigenvalue weighted by atomic mass is 10.2. The van der Waals surface area contributed by atoms with Crippen LogP contribution in [0, 0.1) is 0 Å². The Morgan fingerprint density at radius 1 is 1.44 bits per heavy atom. The number of allylic oxidation sites excluding steroid dienone is 1. The second-order valence-electron chi connectivity index (χ2n) is 3.21. The molecule has 0 aliphatic carbocycles. The first-order valence-corrected chi connectivity index (χ1v) is 6.33. The van der Waals surface area contributed by atoms with Crippen molar-refractivity contribution in [1.29, 1.82) is 0 Å². The molecule has 0 saturated heterocycles. The molecule has 1 rings (SSSR count). The first kappa shape index (κ1) is 13.6. The molecular formula is C12H15BrClNO. The van der Waals surface area contributed by atoms with Crippen molar-refractivity contribution < 1.29 is 4.74 Å². The van der Waals surface area contributed by atoms with Crippen LogP contribution in [0.3, 0.4) is 0 Å². The minimum Gasteiger partial charge on any atom is -0.381 e. The van der Waals surface area contributed by atoms with Crippen LogP contribution >= 0.6 is 27.5 Å². The van der Waals surface area contributed by atoms with Gasteiger partial charge in [0.1, 0.15) is 0 Å². The van der Waals surface area contributed by atoms with Gasteiger partial charge in [-0.05, 0) is 12.1 Å². The molecule has 0 amide bonds. The number of alkyl halides is 1. The molecule has 2 nitrogen and oxygen atoms in total. The minimum atomic E-state index is 0.547. The molecule has 0 heterocycles. The minimum absolute atomic E-state index is 0.547. The Morgan fingerprint density at radius 2 is 2.25 bits per heavy atom. The van der Waals surface area contributed by atoms with E-state index >= 15 is 0 Å². The quantitative estimate of drug-likeness (QED) is 0.637. The second-order valence-corrected chi connectivity index (χ2v) is 4.37. The van der Waals surface area contributed by atoms with E-state index in [2.05, 4.69) is 21.2 Å². The summed E-state index contributed by atoms with van der Waals surface area (Å²) in [6.07, 6.45) is 3.92. The molecule has 0 aromatic heterocycles. The lowest BCUT2D eigenvalue weighted by molar-refractivity contribution is 0.185. The molecule has 1 aromatic rings. The topological polar surface area (TPSA) is 21.3 Å². The van der Waals surface area contributed by atoms with Gasteiger partial charge >= 0.3 is 0 Å². The monoisotopic (exact) mass is 303 g/mol. The number of methoxy groups -OCH3 is 1. The van der Waals surface area contributed by atoms with Crippen molar-refractivity contribution >= 4 is 33.2 Å². The average Bonchev–Trinajstić information content (AvgIpc) is 2.29. The molecule has 0 radical (unpaired) electrons. The summed E-state index contributed by atoms with van der Waals surface area (Å²) < 4.78 is 6.22. The highest BCUT2D eigenvalue weighted by Gasteiger charge is 2.04. The van der Waals surface area contributed by atoms with Crippen LogP contribution in [0.15, 0.2) is 34.8 Å². The van der Waals surface area contributed by atoms with Crippen LogP contribution in [0.2, 0.25) is 0 Å². The summed E-state index contributed by atoms with van der Waals surface area (Å²) in [7, 11) is 1.69. The van der Waals surface area contributed by atoms with Gasteiger partial charge in [0.25, 0.3) is 0 Å². The van der Waals surface area contributed by atoms with E-state index in [0.29, 0.717) is 12.5 Å². The number of halogens is 2. The molecule has 0 unspecified atom stereocenters. The molecule has 4 heteroatoms. The van der Waals surface area contributed by atoms with E-state index in [1.165, 1.54) is 0 Å². The zero-order valence-corrected chi connectivity index (χ0v) is 11.5. The Labute approximate surface area is 110 Å². The van der Waals surface area contributed by atoms with E-state index in [-0.39, 0.29) is 0 Å². The summed E-state index contributed by atoms with van der Waals surface area (Å²) in [5, 5.41) is 3.32. The van der Waals surface area contributed by atoms with Gasteiger partial charge in [-0.15, -0.1) is 11.6 Å². The van der Waals surface area contributed by atoms with Crippen LogP contribution in [-0.2, 0) is 11.3 Å². The largest absolute Gasteiger partial charge is 0.381 e. The normalized spacial score (nSPS) is 10.9. The van der Waals surface area contributed by atoms with Crippen molar-refractivity contribution in [3.63, 3.8) is 0 Å². The van der Waals surface area contributed by atoms with Crippen LogP contribution in [0.4, 0.5) is 5.69 Å². The Kier molecular flexibility index (Phi) is 6.53. The van der Waals surface area contributed by atoms with Crippen molar-refractivity contribution in [1.82, 2.24) is 0 Å². The van der Waals surface area contributed by atoms with Gasteiger partial charge in [-0.25, -0.2) is 0 Å². The van der Waals surface area contributed by atoms with Gasteiger partial charge in [0, 0.05) is 35.3 Å². The molecule has 0 aliphatic heterocycles. The number of ether oxygens (including phenoxy) is 1. The zero-order valence-electron chi connectivity index (χ0n) is 9.17. The molecule has 0 atom stereocenters. The Bertz CT molecular complexity index is 355. The predicted octanol–water partition coefficient (Wildman–Crippen LogP) is 3.80. The molecule has 1 N–H and O–H groups in total. The van der Waals surface area contributed by atoms with E-state index in [4.69, 9.17) is 16.3 Å². The first-order valence-electron chi connectivity index (χ1n) is 5.00. The van der Waals surface area contributed by atoms with Gasteiger partial charge in [0.2, 0.25) is 0 Å². The highest BCUT2D eigenvalue weighted by Crippen LogP contribution is 2.25. The predicted molar refractivity (Wildman–Crippen MR) is 73.2 cm³/mol. The van der Waals surface area contributed by atoms with E-state index in [1.807, 2.05) is 30.4 Å². The van der Waals surface area contributed by atoms with Crippen molar-refractivity contribution in [3.05, 3.63) is 40.4 Å². The fourth-order valence-corrected chi connectivity index (χ4v) is 1.94. The molecule has 0 fully saturated rings. The van der Waals surface area contributed by atoms with E-state index < -0.39 is 0 Å². The molecular weight excluding hydrogens is 289 g/mol. The maximum atomic E-state index is 5.55. The number of rotatable bonds is 6. The van der Waals surface area contributed by atoms with Crippen LogP contribution in [0.5, 0.6) is 0 Å². The SMILES string of the molecule is COCc1c(Br)cccc1NC/C=C/CCl. The lowest BCUT2D eigenvalue weighted by Gasteiger charge is -2.11. The van der Waals surface area contributed by atoms with Crippen molar-refractivity contribution in [2.75, 3.05) is 24.9 Å².